The van der Waals surface area contributed by atoms with Crippen molar-refractivity contribution < 1.29 is 88.5 Å². The summed E-state index contributed by atoms with van der Waals surface area (Å²) in [5.74, 6) is -4.01. The third-order valence-corrected chi connectivity index (χ3v) is 13.2. The van der Waals surface area contributed by atoms with Gasteiger partial charge < -0.3 is 42.6 Å². The lowest BCUT2D eigenvalue weighted by Gasteiger charge is -2.32. The van der Waals surface area contributed by atoms with Crippen molar-refractivity contribution in [1.29, 1.82) is 0 Å². The highest BCUT2D eigenvalue weighted by atomic mass is 32.2. The maximum atomic E-state index is 14.2. The first-order valence-electron chi connectivity index (χ1n) is 23.9. The second-order valence-electron chi connectivity index (χ2n) is 20.4. The summed E-state index contributed by atoms with van der Waals surface area (Å²) in [5.41, 5.74) is -5.69. The molecule has 2 aromatic carbocycles. The summed E-state index contributed by atoms with van der Waals surface area (Å²) in [7, 11) is -9.71. The molecule has 25 nitrogen and oxygen atoms in total. The number of hydrogen-bond acceptors (Lipinski definition) is 21. The third-order valence-electron chi connectivity index (χ3n) is 9.31. The molecule has 75 heavy (non-hydrogen) atoms. The van der Waals surface area contributed by atoms with E-state index < -0.39 is 135 Å². The Morgan fingerprint density at radius 2 is 0.707 bits per heavy atom. The Bertz CT molecular complexity index is 2280. The second-order valence-corrected chi connectivity index (χ2v) is 24.1. The van der Waals surface area contributed by atoms with E-state index in [1.54, 1.807) is 83.1 Å². The Kier molecular flexibility index (Phi) is 25.7. The zero-order valence-electron chi connectivity index (χ0n) is 44.9. The zero-order valence-corrected chi connectivity index (χ0v) is 46.5. The molecule has 2 atom stereocenters. The van der Waals surface area contributed by atoms with E-state index in [0.29, 0.717) is 8.61 Å². The van der Waals surface area contributed by atoms with Crippen LogP contribution in [-0.4, -0.2) is 173 Å². The molecule has 0 aliphatic rings. The van der Waals surface area contributed by atoms with Gasteiger partial charge in [-0.2, -0.15) is 8.61 Å². The van der Waals surface area contributed by atoms with Crippen molar-refractivity contribution in [1.82, 2.24) is 8.61 Å². The minimum absolute atomic E-state index is 0.0298. The molecule has 0 aliphatic carbocycles. The first kappa shape index (κ1) is 65.9. The molecule has 0 aliphatic heterocycles. The van der Waals surface area contributed by atoms with Gasteiger partial charge in [-0.1, -0.05) is 24.3 Å². The van der Waals surface area contributed by atoms with Crippen molar-refractivity contribution >= 4 is 55.3 Å². The van der Waals surface area contributed by atoms with Crippen LogP contribution >= 0.6 is 0 Å². The lowest BCUT2D eigenvalue weighted by Crippen LogP contribution is -2.50. The molecule has 0 amide bonds. The minimum Gasteiger partial charge on any atom is -0.460 e. The summed E-state index contributed by atoms with van der Waals surface area (Å²) >= 11 is 0. The Labute approximate surface area is 439 Å². The number of nitrogens with zero attached hydrogens (tertiary/aromatic N) is 4. The fourth-order valence-electron chi connectivity index (χ4n) is 6.51. The molecule has 2 aromatic rings. The fraction of sp³-hybridized carbons (Fsp3) is 0.667. The molecule has 27 heteroatoms. The first-order chi connectivity index (χ1) is 34.6. The van der Waals surface area contributed by atoms with E-state index in [4.69, 9.17) is 42.6 Å². The van der Waals surface area contributed by atoms with Gasteiger partial charge in [-0.15, -0.1) is 0 Å². The molecular weight excluding hydrogens is 1030 g/mol. The van der Waals surface area contributed by atoms with Crippen LogP contribution in [0.3, 0.4) is 0 Å². The van der Waals surface area contributed by atoms with Crippen LogP contribution in [0.25, 0.3) is 0 Å². The predicted molar refractivity (Wildman–Crippen MR) is 268 cm³/mol. The lowest BCUT2D eigenvalue weighted by atomic mass is 10.1. The molecule has 0 fully saturated rings. The lowest BCUT2D eigenvalue weighted by molar-refractivity contribution is -0.388. The maximum Gasteiger partial charge on any atom is 0.325 e. The van der Waals surface area contributed by atoms with Gasteiger partial charge in [0.15, 0.2) is 9.79 Å². The van der Waals surface area contributed by atoms with Crippen molar-refractivity contribution in [3.8, 4) is 0 Å². The molecule has 0 saturated heterocycles. The summed E-state index contributed by atoms with van der Waals surface area (Å²) < 4.78 is 108. The van der Waals surface area contributed by atoms with E-state index in [2.05, 4.69) is 0 Å². The van der Waals surface area contributed by atoms with Crippen LogP contribution in [0, 0.1) is 20.2 Å². The van der Waals surface area contributed by atoms with E-state index in [1.165, 1.54) is 24.3 Å². The summed E-state index contributed by atoms with van der Waals surface area (Å²) in [5, 5.41) is 23.8. The van der Waals surface area contributed by atoms with Gasteiger partial charge in [0.2, 0.25) is 0 Å². The molecule has 424 valence electrons. The molecule has 0 spiro atoms. The highest BCUT2D eigenvalue weighted by Crippen LogP contribution is 2.31. The number of rotatable bonds is 32. The summed E-state index contributed by atoms with van der Waals surface area (Å²) in [4.78, 5) is 73.8. The standard InChI is InChI=1S/C48H74N4O21S2/c1-45(2,3)70-41(53)33-37(43(55)72-47(7,8)9)49(74(61,62)39-19-15-13-17-35(39)51(57)58)21-23-65-25-27-67-29-31-69-32-30-68-28-26-66-24-22-50(75(63,64)40-20-16-14-18-36(40)52(59)60)38(44(56)73-48(10,11)12)34-42(54)71-46(4,5)6/h13-20,37-38H,21-34H2,1-12H3. The van der Waals surface area contributed by atoms with E-state index >= 15 is 0 Å². The van der Waals surface area contributed by atoms with Crippen molar-refractivity contribution in [2.45, 2.75) is 140 Å². The smallest absolute Gasteiger partial charge is 0.325 e. The predicted octanol–water partition coefficient (Wildman–Crippen LogP) is 5.15. The average molecular weight is 1110 g/mol. The molecule has 0 bridgehead atoms. The number of para-hydroxylation sites is 2. The number of carbonyl (C=O) groups is 4. The largest absolute Gasteiger partial charge is 0.460 e. The van der Waals surface area contributed by atoms with Gasteiger partial charge in [0.1, 0.15) is 34.5 Å². The molecule has 2 unspecified atom stereocenters. The SMILES string of the molecule is CC(C)(C)OC(=O)CC(C(=O)OC(C)(C)C)N(CCOCCOCCOCCOCCOCCN(C(CC(=O)OC(C)(C)C)C(=O)OC(C)(C)C)S(=O)(=O)c1ccccc1[N+](=O)[O-])S(=O)(=O)c1ccccc1[N+](=O)[O-]. The molecule has 0 radical (unpaired) electrons. The second kappa shape index (κ2) is 29.3. The Balaban J connectivity index is 1.97. The van der Waals surface area contributed by atoms with Crippen molar-refractivity contribution in [2.75, 3.05) is 79.2 Å². The Morgan fingerprint density at radius 3 is 0.960 bits per heavy atom. The number of carbonyl (C=O) groups excluding carboxylic acids is 4. The number of sulfonamides is 2. The third kappa shape index (κ3) is 24.1. The van der Waals surface area contributed by atoms with Gasteiger partial charge in [-0.3, -0.25) is 39.4 Å². The van der Waals surface area contributed by atoms with Crippen LogP contribution < -0.4 is 0 Å². The van der Waals surface area contributed by atoms with E-state index in [1.807, 2.05) is 0 Å². The molecule has 0 saturated carbocycles. The quantitative estimate of drug-likeness (QED) is 0.0300. The molecular formula is C48H74N4O21S2. The Hall–Kier alpha value is -5.26. The van der Waals surface area contributed by atoms with Crippen LogP contribution in [0.2, 0.25) is 0 Å². The van der Waals surface area contributed by atoms with Crippen LogP contribution in [0.5, 0.6) is 0 Å². The normalized spacial score (nSPS) is 13.5. The van der Waals surface area contributed by atoms with Crippen molar-refractivity contribution in [2.24, 2.45) is 0 Å². The van der Waals surface area contributed by atoms with Crippen LogP contribution in [0.1, 0.15) is 95.9 Å². The highest BCUT2D eigenvalue weighted by molar-refractivity contribution is 7.89. The van der Waals surface area contributed by atoms with Gasteiger partial charge in [0.05, 0.1) is 88.8 Å². The highest BCUT2D eigenvalue weighted by Gasteiger charge is 2.44. The van der Waals surface area contributed by atoms with Crippen LogP contribution in [-0.2, 0) is 81.9 Å². The fourth-order valence-corrected chi connectivity index (χ4v) is 9.95. The summed E-state index contributed by atoms with van der Waals surface area (Å²) in [6.07, 6.45) is -1.54. The number of esters is 4. The Morgan fingerprint density at radius 1 is 0.453 bits per heavy atom. The van der Waals surface area contributed by atoms with Gasteiger partial charge >= 0.3 is 23.9 Å². The van der Waals surface area contributed by atoms with Crippen LogP contribution in [0.15, 0.2) is 58.3 Å². The van der Waals surface area contributed by atoms with E-state index in [-0.39, 0.29) is 66.1 Å². The maximum absolute atomic E-state index is 14.2. The first-order valence-corrected chi connectivity index (χ1v) is 26.7. The van der Waals surface area contributed by atoms with E-state index in [0.717, 1.165) is 24.3 Å². The zero-order chi connectivity index (χ0) is 57.0. The minimum atomic E-state index is -4.85. The van der Waals surface area contributed by atoms with Gasteiger partial charge in [-0.05, 0) is 95.2 Å². The summed E-state index contributed by atoms with van der Waals surface area (Å²) in [6.45, 7) is 17.6. The van der Waals surface area contributed by atoms with Gasteiger partial charge in [0.25, 0.3) is 31.4 Å². The van der Waals surface area contributed by atoms with E-state index in [9.17, 15) is 56.2 Å². The number of ether oxygens (including phenoxy) is 9. The number of benzene rings is 2. The number of nitro benzene ring substituents is 2. The van der Waals surface area contributed by atoms with Crippen molar-refractivity contribution in [3.63, 3.8) is 0 Å². The molecule has 2 rings (SSSR count). The van der Waals surface area contributed by atoms with Crippen molar-refractivity contribution in [3.05, 3.63) is 68.8 Å². The van der Waals surface area contributed by atoms with Gasteiger partial charge in [-0.25, -0.2) is 16.8 Å². The molecule has 0 heterocycles. The monoisotopic (exact) mass is 1110 g/mol. The topological polar surface area (TPSA) is 312 Å². The van der Waals surface area contributed by atoms with Crippen LogP contribution in [0.4, 0.5) is 11.4 Å². The number of nitro groups is 2. The summed E-state index contributed by atoms with van der Waals surface area (Å²) in [6, 6.07) is 5.58. The molecule has 0 aromatic heterocycles. The number of hydrogen-bond donors (Lipinski definition) is 0. The van der Waals surface area contributed by atoms with Gasteiger partial charge in [0, 0.05) is 25.2 Å². The average Bonchev–Trinajstić information content (AvgIpc) is 3.26. The molecule has 0 N–H and O–H groups in total.